The molecule has 3 N–H and O–H groups in total. The van der Waals surface area contributed by atoms with Gasteiger partial charge < -0.3 is 20.7 Å². The Morgan fingerprint density at radius 1 is 1.42 bits per heavy atom. The summed E-state index contributed by atoms with van der Waals surface area (Å²) in [5.74, 6) is 0.0669. The largest absolute Gasteiger partial charge is 0.476 e. The van der Waals surface area contributed by atoms with E-state index < -0.39 is 0 Å². The van der Waals surface area contributed by atoms with Crippen molar-refractivity contribution in [1.29, 1.82) is 0 Å². The van der Waals surface area contributed by atoms with Crippen molar-refractivity contribution in [2.45, 2.75) is 13.8 Å². The lowest BCUT2D eigenvalue weighted by molar-refractivity contribution is -0.127. The summed E-state index contributed by atoms with van der Waals surface area (Å²) in [4.78, 5) is 28.9. The number of ether oxygens (including phenoxy) is 1. The van der Waals surface area contributed by atoms with Crippen LogP contribution in [0.25, 0.3) is 0 Å². The van der Waals surface area contributed by atoms with E-state index in [1.165, 1.54) is 13.1 Å². The molecule has 9 heteroatoms. The topological polar surface area (TPSA) is 110 Å². The molecule has 0 fully saturated rings. The highest BCUT2D eigenvalue weighted by atomic mass is 32.1. The molecule has 0 aliphatic carbocycles. The lowest BCUT2D eigenvalue weighted by Crippen LogP contribution is -2.28. The van der Waals surface area contributed by atoms with Crippen LogP contribution in [0, 0.1) is 6.92 Å². The molecule has 8 nitrogen and oxygen atoms in total. The molecule has 0 radical (unpaired) electrons. The van der Waals surface area contributed by atoms with Crippen LogP contribution >= 0.6 is 11.5 Å². The fourth-order valence-corrected chi connectivity index (χ4v) is 2.50. The normalized spacial score (nSPS) is 10.3. The molecule has 0 bridgehead atoms. The number of hydrogen-bond acceptors (Lipinski definition) is 7. The Morgan fingerprint density at radius 3 is 2.71 bits per heavy atom. The summed E-state index contributed by atoms with van der Waals surface area (Å²) in [6.07, 6.45) is 1.49. The van der Waals surface area contributed by atoms with E-state index in [1.807, 2.05) is 0 Å². The van der Waals surface area contributed by atoms with Crippen LogP contribution in [0.5, 0.6) is 5.88 Å². The van der Waals surface area contributed by atoms with Crippen molar-refractivity contribution < 1.29 is 14.3 Å². The molecule has 2 aromatic heterocycles. The standard InChI is InChI=1S/C15H19N5O3S/c1-9-13(14(16)24-19-9)15(22)18-11-4-5-12(17-8-11)23-7-6-20(3)10(2)21/h4-5,8H,6-7,16H2,1-3H3,(H,18,22). The predicted octanol–water partition coefficient (Wildman–Crippen LogP) is 1.54. The van der Waals surface area contributed by atoms with E-state index >= 15 is 0 Å². The molecule has 0 aliphatic rings. The van der Waals surface area contributed by atoms with E-state index in [0.29, 0.717) is 41.0 Å². The first-order chi connectivity index (χ1) is 11.4. The van der Waals surface area contributed by atoms with Gasteiger partial charge in [0.2, 0.25) is 11.8 Å². The Bertz CT molecular complexity index is 710. The number of carbonyl (C=O) groups is 2. The predicted molar refractivity (Wildman–Crippen MR) is 92.3 cm³/mol. The van der Waals surface area contributed by atoms with Gasteiger partial charge in [0.25, 0.3) is 5.91 Å². The summed E-state index contributed by atoms with van der Waals surface area (Å²) in [6.45, 7) is 4.03. The number of rotatable bonds is 6. The second-order valence-electron chi connectivity index (χ2n) is 5.14. The Morgan fingerprint density at radius 2 is 2.17 bits per heavy atom. The van der Waals surface area contributed by atoms with Gasteiger partial charge in [0.15, 0.2) is 0 Å². The number of hydrogen-bond donors (Lipinski definition) is 2. The van der Waals surface area contributed by atoms with Crippen LogP contribution in [0.1, 0.15) is 23.0 Å². The zero-order valence-corrected chi connectivity index (χ0v) is 14.5. The Labute approximate surface area is 143 Å². The quantitative estimate of drug-likeness (QED) is 0.818. The van der Waals surface area contributed by atoms with E-state index in [9.17, 15) is 9.59 Å². The molecule has 0 aromatic carbocycles. The maximum atomic E-state index is 12.2. The minimum Gasteiger partial charge on any atom is -0.476 e. The molecule has 24 heavy (non-hydrogen) atoms. The van der Waals surface area contributed by atoms with Crippen LogP contribution in [0.3, 0.4) is 0 Å². The van der Waals surface area contributed by atoms with E-state index in [4.69, 9.17) is 10.5 Å². The number of likely N-dealkylation sites (N-methyl/N-ethyl adjacent to an activating group) is 1. The number of nitrogens with zero attached hydrogens (tertiary/aromatic N) is 3. The molecular formula is C15H19N5O3S. The van der Waals surface area contributed by atoms with Gasteiger partial charge in [-0.2, -0.15) is 4.37 Å². The average Bonchev–Trinajstić information content (AvgIpc) is 2.87. The van der Waals surface area contributed by atoms with E-state index in [-0.39, 0.29) is 11.8 Å². The van der Waals surface area contributed by atoms with Crippen molar-refractivity contribution >= 4 is 34.0 Å². The Kier molecular flexibility index (Phi) is 5.69. The van der Waals surface area contributed by atoms with Crippen molar-refractivity contribution in [2.75, 3.05) is 31.2 Å². The minimum absolute atomic E-state index is 0.0258. The van der Waals surface area contributed by atoms with Gasteiger partial charge in [-0.25, -0.2) is 4.98 Å². The zero-order valence-electron chi connectivity index (χ0n) is 13.7. The number of aromatic nitrogens is 2. The van der Waals surface area contributed by atoms with Crippen LogP contribution in [-0.2, 0) is 4.79 Å². The molecule has 0 aliphatic heterocycles. The van der Waals surface area contributed by atoms with Crippen molar-refractivity contribution in [1.82, 2.24) is 14.3 Å². The summed E-state index contributed by atoms with van der Waals surface area (Å²) in [7, 11) is 1.70. The van der Waals surface area contributed by atoms with Crippen molar-refractivity contribution in [2.24, 2.45) is 0 Å². The third kappa shape index (κ3) is 4.42. The molecule has 2 heterocycles. The van der Waals surface area contributed by atoms with Crippen LogP contribution in [0.15, 0.2) is 18.3 Å². The summed E-state index contributed by atoms with van der Waals surface area (Å²) in [5, 5.41) is 3.10. The number of carbonyl (C=O) groups excluding carboxylic acids is 2. The van der Waals surface area contributed by atoms with Gasteiger partial charge in [-0.3, -0.25) is 9.59 Å². The number of anilines is 2. The monoisotopic (exact) mass is 349 g/mol. The number of pyridine rings is 1. The first-order valence-corrected chi connectivity index (χ1v) is 7.99. The van der Waals surface area contributed by atoms with Gasteiger partial charge in [0.05, 0.1) is 29.7 Å². The lowest BCUT2D eigenvalue weighted by atomic mass is 10.2. The van der Waals surface area contributed by atoms with Gasteiger partial charge in [0.1, 0.15) is 11.6 Å². The molecule has 0 saturated carbocycles. The first-order valence-electron chi connectivity index (χ1n) is 7.22. The number of nitrogen functional groups attached to an aromatic ring is 1. The fraction of sp³-hybridized carbons (Fsp3) is 0.333. The number of nitrogens with two attached hydrogens (primary N) is 1. The second-order valence-corrected chi connectivity index (χ2v) is 5.94. The third-order valence-electron chi connectivity index (χ3n) is 3.32. The molecular weight excluding hydrogens is 330 g/mol. The first kappa shape index (κ1) is 17.7. The minimum atomic E-state index is -0.322. The SMILES string of the molecule is CC(=O)N(C)CCOc1ccc(NC(=O)c2c(C)nsc2N)cn1. The van der Waals surface area contributed by atoms with E-state index in [0.717, 1.165) is 11.5 Å². The Hall–Kier alpha value is -2.68. The fourth-order valence-electron chi connectivity index (χ4n) is 1.84. The zero-order chi connectivity index (χ0) is 17.7. The number of nitrogens with one attached hydrogen (secondary N) is 1. The van der Waals surface area contributed by atoms with Gasteiger partial charge in [-0.15, -0.1) is 0 Å². The molecule has 0 atom stereocenters. The van der Waals surface area contributed by atoms with Crippen molar-refractivity contribution in [3.05, 3.63) is 29.6 Å². The molecule has 0 spiro atoms. The lowest BCUT2D eigenvalue weighted by Gasteiger charge is -2.14. The molecule has 0 saturated heterocycles. The van der Waals surface area contributed by atoms with Crippen LogP contribution in [0.4, 0.5) is 10.7 Å². The summed E-state index contributed by atoms with van der Waals surface area (Å²) in [5.41, 5.74) is 7.26. The van der Waals surface area contributed by atoms with Gasteiger partial charge in [-0.1, -0.05) is 0 Å². The van der Waals surface area contributed by atoms with Crippen LogP contribution < -0.4 is 15.8 Å². The maximum Gasteiger partial charge on any atom is 0.260 e. The summed E-state index contributed by atoms with van der Waals surface area (Å²) >= 11 is 1.09. The smallest absolute Gasteiger partial charge is 0.260 e. The molecule has 128 valence electrons. The van der Waals surface area contributed by atoms with E-state index in [2.05, 4.69) is 14.7 Å². The summed E-state index contributed by atoms with van der Waals surface area (Å²) in [6, 6.07) is 3.33. The second kappa shape index (κ2) is 7.73. The molecule has 0 unspecified atom stereocenters. The van der Waals surface area contributed by atoms with E-state index in [1.54, 1.807) is 31.0 Å². The van der Waals surface area contributed by atoms with Crippen molar-refractivity contribution in [3.8, 4) is 5.88 Å². The maximum absolute atomic E-state index is 12.2. The Balaban J connectivity index is 1.90. The van der Waals surface area contributed by atoms with Gasteiger partial charge in [0, 0.05) is 20.0 Å². The van der Waals surface area contributed by atoms with Crippen molar-refractivity contribution in [3.63, 3.8) is 0 Å². The summed E-state index contributed by atoms with van der Waals surface area (Å²) < 4.78 is 9.50. The molecule has 2 aromatic rings. The van der Waals surface area contributed by atoms with Gasteiger partial charge >= 0.3 is 0 Å². The average molecular weight is 349 g/mol. The number of amides is 2. The highest BCUT2D eigenvalue weighted by Crippen LogP contribution is 2.22. The highest BCUT2D eigenvalue weighted by Gasteiger charge is 2.16. The van der Waals surface area contributed by atoms with Gasteiger partial charge in [-0.05, 0) is 24.5 Å². The third-order valence-corrected chi connectivity index (χ3v) is 4.09. The number of aryl methyl sites for hydroxylation is 1. The van der Waals surface area contributed by atoms with Crippen LogP contribution in [-0.4, -0.2) is 46.3 Å². The van der Waals surface area contributed by atoms with Crippen LogP contribution in [0.2, 0.25) is 0 Å². The highest BCUT2D eigenvalue weighted by molar-refractivity contribution is 7.10. The molecule has 2 rings (SSSR count). The molecule has 2 amide bonds.